The summed E-state index contributed by atoms with van der Waals surface area (Å²) < 4.78 is 5.25. The number of anilines is 1. The van der Waals surface area contributed by atoms with Crippen LogP contribution in [0.15, 0.2) is 15.1 Å². The van der Waals surface area contributed by atoms with Gasteiger partial charge in [0.05, 0.1) is 11.9 Å². The van der Waals surface area contributed by atoms with Crippen LogP contribution in [0.25, 0.3) is 0 Å². The van der Waals surface area contributed by atoms with Crippen molar-refractivity contribution in [3.63, 3.8) is 0 Å². The molecule has 100 valence electrons. The van der Waals surface area contributed by atoms with Crippen LogP contribution in [0.4, 0.5) is 5.13 Å². The monoisotopic (exact) mass is 300 g/mol. The summed E-state index contributed by atoms with van der Waals surface area (Å²) in [6.45, 7) is 1.62. The molecule has 0 aliphatic carbocycles. The maximum absolute atomic E-state index is 11.8. The van der Waals surface area contributed by atoms with Crippen molar-refractivity contribution in [3.8, 4) is 0 Å². The van der Waals surface area contributed by atoms with Gasteiger partial charge in [0.2, 0.25) is 5.13 Å². The Labute approximate surface area is 115 Å². The Balaban J connectivity index is 1.98. The molecule has 0 saturated heterocycles. The minimum Gasteiger partial charge on any atom is -0.481 e. The standard InChI is InChI=1S/C9H8N4O4S2/c1-4-5(2-10-17-4)7(16)11-8-12-13-9(19-8)18-3-6(14)15/h2H,3H2,1H3,(H,14,15)(H,11,12,16). The first kappa shape index (κ1) is 13.5. The molecule has 19 heavy (non-hydrogen) atoms. The molecule has 2 rings (SSSR count). The molecule has 2 N–H and O–H groups in total. The second-order valence-electron chi connectivity index (χ2n) is 3.31. The third kappa shape index (κ3) is 3.51. The smallest absolute Gasteiger partial charge is 0.313 e. The van der Waals surface area contributed by atoms with Gasteiger partial charge in [-0.25, -0.2) is 0 Å². The zero-order chi connectivity index (χ0) is 13.8. The van der Waals surface area contributed by atoms with Crippen LogP contribution < -0.4 is 5.32 Å². The van der Waals surface area contributed by atoms with Gasteiger partial charge in [0.25, 0.3) is 5.91 Å². The van der Waals surface area contributed by atoms with Crippen LogP contribution in [-0.4, -0.2) is 38.1 Å². The lowest BCUT2D eigenvalue weighted by Gasteiger charge is -1.97. The third-order valence-corrected chi connectivity index (χ3v) is 3.90. The fourth-order valence-electron chi connectivity index (χ4n) is 1.12. The number of rotatable bonds is 5. The number of nitrogens with one attached hydrogen (secondary N) is 1. The highest BCUT2D eigenvalue weighted by Gasteiger charge is 2.15. The van der Waals surface area contributed by atoms with E-state index in [1.54, 1.807) is 6.92 Å². The highest BCUT2D eigenvalue weighted by molar-refractivity contribution is 8.01. The van der Waals surface area contributed by atoms with E-state index in [0.717, 1.165) is 23.1 Å². The predicted molar refractivity (Wildman–Crippen MR) is 67.5 cm³/mol. The normalized spacial score (nSPS) is 10.4. The van der Waals surface area contributed by atoms with Crippen molar-refractivity contribution >= 4 is 40.1 Å². The van der Waals surface area contributed by atoms with Gasteiger partial charge in [-0.15, -0.1) is 10.2 Å². The van der Waals surface area contributed by atoms with Crippen molar-refractivity contribution in [1.29, 1.82) is 0 Å². The topological polar surface area (TPSA) is 118 Å². The van der Waals surface area contributed by atoms with Gasteiger partial charge in [-0.3, -0.25) is 14.9 Å². The molecule has 10 heteroatoms. The van der Waals surface area contributed by atoms with E-state index in [-0.39, 0.29) is 5.75 Å². The molecule has 0 radical (unpaired) electrons. The van der Waals surface area contributed by atoms with E-state index in [4.69, 9.17) is 9.63 Å². The van der Waals surface area contributed by atoms with Crippen molar-refractivity contribution in [2.24, 2.45) is 0 Å². The van der Waals surface area contributed by atoms with Gasteiger partial charge in [-0.05, 0) is 6.92 Å². The SMILES string of the molecule is Cc1oncc1C(=O)Nc1nnc(SCC(=O)O)s1. The Morgan fingerprint density at radius 2 is 2.32 bits per heavy atom. The molecule has 2 aromatic rings. The van der Waals surface area contributed by atoms with Crippen molar-refractivity contribution in [1.82, 2.24) is 15.4 Å². The van der Waals surface area contributed by atoms with Gasteiger partial charge >= 0.3 is 5.97 Å². The average Bonchev–Trinajstić information content (AvgIpc) is 2.95. The van der Waals surface area contributed by atoms with E-state index in [1.807, 2.05) is 0 Å². The average molecular weight is 300 g/mol. The van der Waals surface area contributed by atoms with Crippen LogP contribution in [-0.2, 0) is 4.79 Å². The number of carbonyl (C=O) groups excluding carboxylic acids is 1. The van der Waals surface area contributed by atoms with E-state index in [2.05, 4.69) is 20.7 Å². The fourth-order valence-corrected chi connectivity index (χ4v) is 2.59. The maximum atomic E-state index is 11.8. The highest BCUT2D eigenvalue weighted by Crippen LogP contribution is 2.25. The number of carboxylic acid groups (broad SMARTS) is 1. The third-order valence-electron chi connectivity index (χ3n) is 1.94. The van der Waals surface area contributed by atoms with Crippen molar-refractivity contribution in [3.05, 3.63) is 17.5 Å². The summed E-state index contributed by atoms with van der Waals surface area (Å²) >= 11 is 2.14. The number of aliphatic carboxylic acids is 1. The van der Waals surface area contributed by atoms with E-state index < -0.39 is 11.9 Å². The van der Waals surface area contributed by atoms with Crippen molar-refractivity contribution in [2.45, 2.75) is 11.3 Å². The van der Waals surface area contributed by atoms with E-state index in [9.17, 15) is 9.59 Å². The van der Waals surface area contributed by atoms with Gasteiger partial charge in [-0.2, -0.15) is 0 Å². The Hall–Kier alpha value is -1.94. The largest absolute Gasteiger partial charge is 0.481 e. The summed E-state index contributed by atoms with van der Waals surface area (Å²) in [5.74, 6) is -1.04. The molecule has 0 aliphatic heterocycles. The number of carboxylic acids is 1. The number of carbonyl (C=O) groups is 2. The molecule has 2 heterocycles. The summed E-state index contributed by atoms with van der Waals surface area (Å²) in [6, 6.07) is 0. The van der Waals surface area contributed by atoms with Crippen LogP contribution >= 0.6 is 23.1 Å². The molecule has 0 aromatic carbocycles. The fraction of sp³-hybridized carbons (Fsp3) is 0.222. The van der Waals surface area contributed by atoms with Gasteiger partial charge < -0.3 is 9.63 Å². The molecule has 0 saturated carbocycles. The molecule has 0 spiro atoms. The van der Waals surface area contributed by atoms with Crippen LogP contribution in [0.1, 0.15) is 16.1 Å². The van der Waals surface area contributed by atoms with Crippen LogP contribution in [0.5, 0.6) is 0 Å². The van der Waals surface area contributed by atoms with Gasteiger partial charge in [0, 0.05) is 0 Å². The number of aromatic nitrogens is 3. The summed E-state index contributed by atoms with van der Waals surface area (Å²) in [5.41, 5.74) is 0.315. The lowest BCUT2D eigenvalue weighted by molar-refractivity contribution is -0.133. The minimum absolute atomic E-state index is 0.104. The van der Waals surface area contributed by atoms with E-state index >= 15 is 0 Å². The van der Waals surface area contributed by atoms with E-state index in [0.29, 0.717) is 20.8 Å². The van der Waals surface area contributed by atoms with Crippen LogP contribution in [0.3, 0.4) is 0 Å². The maximum Gasteiger partial charge on any atom is 0.313 e. The Bertz CT molecular complexity index is 609. The predicted octanol–water partition coefficient (Wildman–Crippen LogP) is 1.26. The van der Waals surface area contributed by atoms with E-state index in [1.165, 1.54) is 6.20 Å². The molecule has 0 unspecified atom stereocenters. The molecule has 8 nitrogen and oxygen atoms in total. The first-order chi connectivity index (χ1) is 9.06. The number of hydrogen-bond donors (Lipinski definition) is 2. The molecular weight excluding hydrogens is 292 g/mol. The zero-order valence-electron chi connectivity index (χ0n) is 9.61. The molecular formula is C9H8N4O4S2. The van der Waals surface area contributed by atoms with Crippen LogP contribution in [0, 0.1) is 6.92 Å². The summed E-state index contributed by atoms with van der Waals surface area (Å²) in [5, 5.41) is 22.4. The molecule has 0 atom stereocenters. The lowest BCUT2D eigenvalue weighted by atomic mass is 10.3. The Morgan fingerprint density at radius 3 is 2.95 bits per heavy atom. The Kier molecular flexibility index (Phi) is 4.12. The molecule has 2 aromatic heterocycles. The number of nitrogens with zero attached hydrogens (tertiary/aromatic N) is 3. The molecule has 0 bridgehead atoms. The Morgan fingerprint density at radius 1 is 1.53 bits per heavy atom. The quantitative estimate of drug-likeness (QED) is 0.626. The molecule has 0 fully saturated rings. The number of hydrogen-bond acceptors (Lipinski definition) is 8. The van der Waals surface area contributed by atoms with Gasteiger partial charge in [-0.1, -0.05) is 28.3 Å². The van der Waals surface area contributed by atoms with Gasteiger partial charge in [0.15, 0.2) is 4.34 Å². The number of thioether (sulfide) groups is 1. The summed E-state index contributed by atoms with van der Waals surface area (Å²) in [4.78, 5) is 22.2. The summed E-state index contributed by atoms with van der Waals surface area (Å²) in [6.07, 6.45) is 1.31. The van der Waals surface area contributed by atoms with Crippen molar-refractivity contribution in [2.75, 3.05) is 11.1 Å². The first-order valence-electron chi connectivity index (χ1n) is 4.97. The molecule has 0 aliphatic rings. The molecule has 1 amide bonds. The second-order valence-corrected chi connectivity index (χ2v) is 5.51. The van der Waals surface area contributed by atoms with Gasteiger partial charge in [0.1, 0.15) is 11.3 Å². The van der Waals surface area contributed by atoms with Crippen molar-refractivity contribution < 1.29 is 19.2 Å². The summed E-state index contributed by atoms with van der Waals surface area (Å²) in [7, 11) is 0. The number of aryl methyl sites for hydroxylation is 1. The number of amides is 1. The first-order valence-corrected chi connectivity index (χ1v) is 6.77. The second kappa shape index (κ2) is 5.80. The lowest BCUT2D eigenvalue weighted by Crippen LogP contribution is -2.11. The zero-order valence-corrected chi connectivity index (χ0v) is 11.2. The minimum atomic E-state index is -0.939. The van der Waals surface area contributed by atoms with Crippen LogP contribution in [0.2, 0.25) is 0 Å². The highest BCUT2D eigenvalue weighted by atomic mass is 32.2.